The number of nitrogen functional groups attached to an aromatic ring is 1. The van der Waals surface area contributed by atoms with Crippen LogP contribution < -0.4 is 11.1 Å². The van der Waals surface area contributed by atoms with Crippen LogP contribution in [0, 0.1) is 0 Å². The first-order chi connectivity index (χ1) is 8.68. The summed E-state index contributed by atoms with van der Waals surface area (Å²) in [6.07, 6.45) is 0. The Bertz CT molecular complexity index is 650. The van der Waals surface area contributed by atoms with E-state index < -0.39 is 5.97 Å². The number of hydrogen-bond donors (Lipinski definition) is 3. The van der Waals surface area contributed by atoms with Gasteiger partial charge in [0, 0.05) is 22.5 Å². The zero-order valence-corrected chi connectivity index (χ0v) is 9.60. The number of aliphatic carboxylic acids is 1. The Morgan fingerprint density at radius 1 is 1.11 bits per heavy atom. The largest absolute Gasteiger partial charge is 0.480 e. The number of carbonyl (C=O) groups is 1. The Morgan fingerprint density at radius 2 is 1.78 bits per heavy atom. The Hall–Kier alpha value is -2.49. The highest BCUT2D eigenvalue weighted by Gasteiger charge is 2.27. The molecule has 0 radical (unpaired) electrons. The Kier molecular flexibility index (Phi) is 2.23. The Morgan fingerprint density at radius 3 is 2.44 bits per heavy atom. The fourth-order valence-corrected chi connectivity index (χ4v) is 2.36. The second-order valence-electron chi connectivity index (χ2n) is 4.25. The fourth-order valence-electron chi connectivity index (χ4n) is 2.36. The molecular formula is C14H12N2O2. The minimum atomic E-state index is -0.881. The maximum absolute atomic E-state index is 10.6. The smallest absolute Gasteiger partial charge is 0.322 e. The van der Waals surface area contributed by atoms with Crippen molar-refractivity contribution in [2.24, 2.45) is 0 Å². The van der Waals surface area contributed by atoms with E-state index in [1.165, 1.54) is 0 Å². The molecule has 0 atom stereocenters. The van der Waals surface area contributed by atoms with Crippen LogP contribution in [-0.2, 0) is 4.79 Å². The number of carboxylic acid groups (broad SMARTS) is 1. The van der Waals surface area contributed by atoms with Gasteiger partial charge in [-0.15, -0.1) is 0 Å². The van der Waals surface area contributed by atoms with Crippen molar-refractivity contribution in [2.45, 2.75) is 0 Å². The third-order valence-electron chi connectivity index (χ3n) is 3.13. The molecule has 18 heavy (non-hydrogen) atoms. The summed E-state index contributed by atoms with van der Waals surface area (Å²) in [5, 5.41) is 11.6. The van der Waals surface area contributed by atoms with Crippen LogP contribution >= 0.6 is 0 Å². The first kappa shape index (κ1) is 10.7. The molecule has 4 N–H and O–H groups in total. The van der Waals surface area contributed by atoms with Gasteiger partial charge in [0.1, 0.15) is 6.54 Å². The van der Waals surface area contributed by atoms with Crippen molar-refractivity contribution in [3.63, 3.8) is 0 Å². The topological polar surface area (TPSA) is 75.3 Å². The van der Waals surface area contributed by atoms with Gasteiger partial charge in [0.2, 0.25) is 0 Å². The quantitative estimate of drug-likeness (QED) is 0.614. The standard InChI is InChI=1S/C14H12N2O2/c15-10-5-6-11(16-7-12(17)18)14-9-4-2-1-3-8(9)13(10)14/h1-6,16H,7,15H2,(H,17,18). The third kappa shape index (κ3) is 1.43. The molecule has 3 rings (SSSR count). The SMILES string of the molecule is Nc1ccc(NCC(=O)O)c2c1-c1ccccc1-2. The molecule has 1 aliphatic rings. The van der Waals surface area contributed by atoms with Gasteiger partial charge in [-0.25, -0.2) is 0 Å². The van der Waals surface area contributed by atoms with E-state index in [-0.39, 0.29) is 6.54 Å². The minimum absolute atomic E-state index is 0.0987. The van der Waals surface area contributed by atoms with E-state index >= 15 is 0 Å². The number of hydrogen-bond acceptors (Lipinski definition) is 3. The average Bonchev–Trinajstić information content (AvgIpc) is 2.33. The summed E-state index contributed by atoms with van der Waals surface area (Å²) in [5.74, 6) is -0.881. The lowest BCUT2D eigenvalue weighted by molar-refractivity contribution is -0.134. The van der Waals surface area contributed by atoms with Gasteiger partial charge in [-0.05, 0) is 23.3 Å². The van der Waals surface area contributed by atoms with Gasteiger partial charge in [0.05, 0.1) is 0 Å². The van der Waals surface area contributed by atoms with Crippen molar-refractivity contribution in [3.8, 4) is 22.3 Å². The molecule has 90 valence electrons. The number of benzene rings is 2. The minimum Gasteiger partial charge on any atom is -0.480 e. The van der Waals surface area contributed by atoms with Crippen molar-refractivity contribution < 1.29 is 9.90 Å². The fraction of sp³-hybridized carbons (Fsp3) is 0.0714. The summed E-state index contributed by atoms with van der Waals surface area (Å²) < 4.78 is 0. The first-order valence-corrected chi connectivity index (χ1v) is 5.66. The van der Waals surface area contributed by atoms with Crippen LogP contribution in [0.3, 0.4) is 0 Å². The second-order valence-corrected chi connectivity index (χ2v) is 4.25. The van der Waals surface area contributed by atoms with Gasteiger partial charge in [0.25, 0.3) is 0 Å². The molecule has 0 spiro atoms. The third-order valence-corrected chi connectivity index (χ3v) is 3.13. The van der Waals surface area contributed by atoms with Gasteiger partial charge < -0.3 is 16.2 Å². The Labute approximate surface area is 104 Å². The molecule has 0 saturated carbocycles. The number of nitrogens with two attached hydrogens (primary N) is 1. The molecule has 0 heterocycles. The van der Waals surface area contributed by atoms with Gasteiger partial charge in [0.15, 0.2) is 0 Å². The van der Waals surface area contributed by atoms with Crippen molar-refractivity contribution in [1.29, 1.82) is 0 Å². The maximum atomic E-state index is 10.6. The molecule has 0 unspecified atom stereocenters. The maximum Gasteiger partial charge on any atom is 0.322 e. The lowest BCUT2D eigenvalue weighted by Gasteiger charge is -2.28. The number of carboxylic acids is 1. The number of rotatable bonds is 3. The van der Waals surface area contributed by atoms with Crippen molar-refractivity contribution in [1.82, 2.24) is 0 Å². The summed E-state index contributed by atoms with van der Waals surface area (Å²) in [7, 11) is 0. The summed E-state index contributed by atoms with van der Waals surface area (Å²) >= 11 is 0. The normalized spacial score (nSPS) is 11.1. The number of fused-ring (bicyclic) bond motifs is 4. The number of anilines is 2. The molecule has 4 nitrogen and oxygen atoms in total. The van der Waals surface area contributed by atoms with Crippen LogP contribution in [0.1, 0.15) is 0 Å². The highest BCUT2D eigenvalue weighted by Crippen LogP contribution is 2.53. The summed E-state index contributed by atoms with van der Waals surface area (Å²) in [6, 6.07) is 11.6. The van der Waals surface area contributed by atoms with E-state index in [1.807, 2.05) is 30.3 Å². The van der Waals surface area contributed by atoms with Crippen LogP contribution in [0.15, 0.2) is 36.4 Å². The summed E-state index contributed by atoms with van der Waals surface area (Å²) in [5.41, 5.74) is 11.8. The molecule has 0 aliphatic heterocycles. The van der Waals surface area contributed by atoms with Crippen LogP contribution in [0.5, 0.6) is 0 Å². The highest BCUT2D eigenvalue weighted by molar-refractivity contribution is 6.12. The van der Waals surface area contributed by atoms with E-state index in [9.17, 15) is 4.79 Å². The van der Waals surface area contributed by atoms with Crippen LogP contribution in [0.2, 0.25) is 0 Å². The zero-order valence-electron chi connectivity index (χ0n) is 9.60. The molecule has 0 saturated heterocycles. The van der Waals surface area contributed by atoms with E-state index in [2.05, 4.69) is 5.32 Å². The molecule has 2 aromatic carbocycles. The second kappa shape index (κ2) is 3.77. The predicted molar refractivity (Wildman–Crippen MR) is 71.4 cm³/mol. The van der Waals surface area contributed by atoms with Crippen LogP contribution in [0.4, 0.5) is 11.4 Å². The molecule has 0 fully saturated rings. The summed E-state index contributed by atoms with van der Waals surface area (Å²) in [4.78, 5) is 10.6. The van der Waals surface area contributed by atoms with Gasteiger partial charge >= 0.3 is 5.97 Å². The number of nitrogens with one attached hydrogen (secondary N) is 1. The van der Waals surface area contributed by atoms with Crippen LogP contribution in [0.25, 0.3) is 22.3 Å². The molecule has 0 amide bonds. The van der Waals surface area contributed by atoms with Crippen LogP contribution in [-0.4, -0.2) is 17.6 Å². The van der Waals surface area contributed by atoms with Crippen molar-refractivity contribution in [2.75, 3.05) is 17.6 Å². The highest BCUT2D eigenvalue weighted by atomic mass is 16.4. The molecule has 4 heteroatoms. The monoisotopic (exact) mass is 240 g/mol. The molecule has 2 aromatic rings. The molecule has 0 aromatic heterocycles. The van der Waals surface area contributed by atoms with E-state index in [4.69, 9.17) is 10.8 Å². The van der Waals surface area contributed by atoms with Crippen molar-refractivity contribution >= 4 is 17.3 Å². The van der Waals surface area contributed by atoms with Gasteiger partial charge in [-0.1, -0.05) is 24.3 Å². The Balaban J connectivity index is 2.06. The van der Waals surface area contributed by atoms with Crippen molar-refractivity contribution in [3.05, 3.63) is 36.4 Å². The van der Waals surface area contributed by atoms with Gasteiger partial charge in [-0.3, -0.25) is 4.79 Å². The molecule has 1 aliphatic carbocycles. The zero-order chi connectivity index (χ0) is 12.7. The lowest BCUT2D eigenvalue weighted by Crippen LogP contribution is -2.15. The van der Waals surface area contributed by atoms with E-state index in [0.717, 1.165) is 33.6 Å². The van der Waals surface area contributed by atoms with E-state index in [1.54, 1.807) is 6.07 Å². The summed E-state index contributed by atoms with van der Waals surface area (Å²) in [6.45, 7) is -0.0987. The average molecular weight is 240 g/mol. The predicted octanol–water partition coefficient (Wildman–Crippen LogP) is 2.41. The lowest BCUT2D eigenvalue weighted by atomic mass is 9.78. The van der Waals surface area contributed by atoms with E-state index in [0.29, 0.717) is 0 Å². The van der Waals surface area contributed by atoms with Gasteiger partial charge in [-0.2, -0.15) is 0 Å². The molecular weight excluding hydrogens is 228 g/mol. The first-order valence-electron chi connectivity index (χ1n) is 5.66. The molecule has 0 bridgehead atoms.